The zero-order valence-electron chi connectivity index (χ0n) is 8.74. The van der Waals surface area contributed by atoms with Gasteiger partial charge in [-0.1, -0.05) is 24.2 Å². The van der Waals surface area contributed by atoms with Crippen LogP contribution in [0.15, 0.2) is 12.1 Å². The number of carbonyl (C=O) groups excluding carboxylic acids is 1. The van der Waals surface area contributed by atoms with Crippen LogP contribution < -0.4 is 9.64 Å². The van der Waals surface area contributed by atoms with E-state index in [0.29, 0.717) is 16.5 Å². The van der Waals surface area contributed by atoms with Crippen LogP contribution in [-0.4, -0.2) is 19.4 Å². The third kappa shape index (κ3) is 2.58. The van der Waals surface area contributed by atoms with Gasteiger partial charge in [0.1, 0.15) is 5.75 Å². The minimum Gasteiger partial charge on any atom is -0.494 e. The maximum atomic E-state index is 11.1. The summed E-state index contributed by atoms with van der Waals surface area (Å²) in [4.78, 5) is 12.5. The lowest BCUT2D eigenvalue weighted by molar-refractivity contribution is 0.266. The second-order valence-corrected chi connectivity index (χ2v) is 3.94. The van der Waals surface area contributed by atoms with Crippen LogP contribution in [-0.2, 0) is 0 Å². The summed E-state index contributed by atoms with van der Waals surface area (Å²) in [6.07, 6.45) is 0. The summed E-state index contributed by atoms with van der Waals surface area (Å²) in [5.74, 6) is 0.629. The van der Waals surface area contributed by atoms with Gasteiger partial charge in [0.05, 0.1) is 12.8 Å². The number of benzene rings is 1. The van der Waals surface area contributed by atoms with Crippen molar-refractivity contribution in [2.75, 3.05) is 19.1 Å². The molecule has 15 heavy (non-hydrogen) atoms. The van der Waals surface area contributed by atoms with Crippen molar-refractivity contribution in [1.29, 1.82) is 0 Å². The van der Waals surface area contributed by atoms with E-state index < -0.39 is 0 Å². The molecule has 0 aromatic heterocycles. The highest BCUT2D eigenvalue weighted by Crippen LogP contribution is 2.34. The number of ether oxygens (including phenoxy) is 1. The van der Waals surface area contributed by atoms with Gasteiger partial charge in [-0.2, -0.15) is 0 Å². The van der Waals surface area contributed by atoms with Crippen molar-refractivity contribution in [2.45, 2.75) is 6.92 Å². The lowest BCUT2D eigenvalue weighted by Crippen LogP contribution is -2.20. The van der Waals surface area contributed by atoms with Gasteiger partial charge in [-0.15, -0.1) is 0 Å². The number of amides is 1. The summed E-state index contributed by atoms with van der Waals surface area (Å²) in [6.45, 7) is 1.87. The Bertz CT molecular complexity index is 395. The molecule has 0 saturated heterocycles. The molecule has 0 fully saturated rings. The summed E-state index contributed by atoms with van der Waals surface area (Å²) in [5.41, 5.74) is 1.49. The van der Waals surface area contributed by atoms with Crippen molar-refractivity contribution in [1.82, 2.24) is 0 Å². The number of anilines is 1. The maximum absolute atomic E-state index is 11.1. The van der Waals surface area contributed by atoms with Crippen LogP contribution >= 0.6 is 24.2 Å². The first kappa shape index (κ1) is 12.2. The molecule has 0 saturated carbocycles. The van der Waals surface area contributed by atoms with E-state index in [9.17, 15) is 4.79 Å². The smallest absolute Gasteiger partial charge is 0.282 e. The van der Waals surface area contributed by atoms with Crippen LogP contribution in [0.2, 0.25) is 5.02 Å². The van der Waals surface area contributed by atoms with Crippen LogP contribution in [0.25, 0.3) is 0 Å². The monoisotopic (exact) mass is 245 g/mol. The van der Waals surface area contributed by atoms with Crippen LogP contribution in [0.4, 0.5) is 10.5 Å². The van der Waals surface area contributed by atoms with Crippen molar-refractivity contribution in [3.63, 3.8) is 0 Å². The largest absolute Gasteiger partial charge is 0.494 e. The highest BCUT2D eigenvalue weighted by atomic mass is 35.5. The Morgan fingerprint density at radius 2 is 2.13 bits per heavy atom. The minimum atomic E-state index is -0.366. The fourth-order valence-electron chi connectivity index (χ4n) is 1.33. The van der Waals surface area contributed by atoms with E-state index in [1.54, 1.807) is 26.3 Å². The molecule has 0 aliphatic rings. The summed E-state index contributed by atoms with van der Waals surface area (Å²) < 4.78 is 5.22. The molecule has 0 N–H and O–H groups in total. The van der Waals surface area contributed by atoms with Crippen molar-refractivity contribution in [2.24, 2.45) is 0 Å². The van der Waals surface area contributed by atoms with Gasteiger partial charge in [-0.25, -0.2) is 0 Å². The highest BCUT2D eigenvalue weighted by Gasteiger charge is 2.15. The Hall–Kier alpha value is -0.870. The molecule has 0 radical (unpaired) electrons. The Labute approximate surface area is 99.4 Å². The van der Waals surface area contributed by atoms with Crippen LogP contribution in [0.1, 0.15) is 5.56 Å². The Balaban J connectivity index is 3.32. The first-order chi connectivity index (χ1) is 6.97. The van der Waals surface area contributed by atoms with Crippen molar-refractivity contribution >= 4 is 35.2 Å². The summed E-state index contributed by atoms with van der Waals surface area (Å²) in [7, 11) is 3.17. The van der Waals surface area contributed by atoms with Gasteiger partial charge < -0.3 is 9.64 Å². The van der Waals surface area contributed by atoms with Gasteiger partial charge in [-0.05, 0) is 24.6 Å². The van der Waals surface area contributed by atoms with E-state index in [-0.39, 0.29) is 5.24 Å². The predicted molar refractivity (Wildman–Crippen MR) is 65.5 cm³/mol. The average molecular weight is 246 g/mol. The van der Waals surface area contributed by atoms with Crippen molar-refractivity contribution in [3.8, 4) is 5.75 Å². The molecule has 0 heterocycles. The number of rotatable bonds is 2. The average Bonchev–Trinajstić information content (AvgIpc) is 2.15. The second kappa shape index (κ2) is 4.77. The van der Waals surface area contributed by atoms with Gasteiger partial charge in [0.25, 0.3) is 5.24 Å². The Kier molecular flexibility index (Phi) is 3.88. The molecule has 5 heteroatoms. The summed E-state index contributed by atoms with van der Waals surface area (Å²) >= 11 is 9.66. The van der Waals surface area contributed by atoms with Crippen LogP contribution in [0.5, 0.6) is 5.75 Å². The molecule has 0 aliphatic heterocycles. The highest BCUT2D eigenvalue weighted by molar-refractivity contribution is 7.96. The molecule has 1 aromatic carbocycles. The zero-order chi connectivity index (χ0) is 11.6. The molecular weight excluding hydrogens is 234 g/mol. The SMILES string of the molecule is COc1c(C)cc(Cl)cc1N(C)C(=O)S. The van der Waals surface area contributed by atoms with E-state index in [4.69, 9.17) is 16.3 Å². The molecule has 1 amide bonds. The number of carbonyl (C=O) groups is 1. The van der Waals surface area contributed by atoms with E-state index in [1.807, 2.05) is 6.92 Å². The third-order valence-corrected chi connectivity index (χ3v) is 2.59. The number of aryl methyl sites for hydroxylation is 1. The lowest BCUT2D eigenvalue weighted by Gasteiger charge is -2.19. The molecular formula is C10H12ClNO2S. The molecule has 1 rings (SSSR count). The normalized spacial score (nSPS) is 9.93. The predicted octanol–water partition coefficient (Wildman–Crippen LogP) is 3.14. The Morgan fingerprint density at radius 3 is 2.60 bits per heavy atom. The van der Waals surface area contributed by atoms with Crippen LogP contribution in [0.3, 0.4) is 0 Å². The maximum Gasteiger partial charge on any atom is 0.282 e. The number of methoxy groups -OCH3 is 1. The molecule has 3 nitrogen and oxygen atoms in total. The summed E-state index contributed by atoms with van der Waals surface area (Å²) in [5, 5.41) is 0.194. The Morgan fingerprint density at radius 1 is 1.53 bits per heavy atom. The second-order valence-electron chi connectivity index (χ2n) is 3.12. The number of nitrogens with zero attached hydrogens (tertiary/aromatic N) is 1. The fraction of sp³-hybridized carbons (Fsp3) is 0.300. The van der Waals surface area contributed by atoms with Gasteiger partial charge in [0.15, 0.2) is 0 Å². The molecule has 0 atom stereocenters. The van der Waals surface area contributed by atoms with E-state index in [2.05, 4.69) is 12.6 Å². The molecule has 0 unspecified atom stereocenters. The van der Waals surface area contributed by atoms with Gasteiger partial charge >= 0.3 is 0 Å². The quantitative estimate of drug-likeness (QED) is 0.812. The van der Waals surface area contributed by atoms with Gasteiger partial charge in [-0.3, -0.25) is 4.79 Å². The van der Waals surface area contributed by atoms with E-state index >= 15 is 0 Å². The minimum absolute atomic E-state index is 0.366. The molecule has 0 spiro atoms. The molecule has 0 bridgehead atoms. The van der Waals surface area contributed by atoms with E-state index in [1.165, 1.54) is 4.90 Å². The molecule has 82 valence electrons. The number of halogens is 1. The number of thiol groups is 1. The molecule has 0 aliphatic carbocycles. The topological polar surface area (TPSA) is 29.5 Å². The summed E-state index contributed by atoms with van der Waals surface area (Å²) in [6, 6.07) is 3.45. The lowest BCUT2D eigenvalue weighted by atomic mass is 10.2. The molecule has 1 aromatic rings. The van der Waals surface area contributed by atoms with Gasteiger partial charge in [0.2, 0.25) is 0 Å². The first-order valence-corrected chi connectivity index (χ1v) is 5.10. The van der Waals surface area contributed by atoms with Gasteiger partial charge in [0, 0.05) is 12.1 Å². The fourth-order valence-corrected chi connectivity index (χ4v) is 1.70. The number of hydrogen-bond donors (Lipinski definition) is 1. The van der Waals surface area contributed by atoms with Crippen molar-refractivity contribution < 1.29 is 9.53 Å². The third-order valence-electron chi connectivity index (χ3n) is 2.07. The van der Waals surface area contributed by atoms with E-state index in [0.717, 1.165) is 5.56 Å². The first-order valence-electron chi connectivity index (χ1n) is 4.28. The van der Waals surface area contributed by atoms with Crippen molar-refractivity contribution in [3.05, 3.63) is 22.7 Å². The zero-order valence-corrected chi connectivity index (χ0v) is 10.4. The van der Waals surface area contributed by atoms with Crippen LogP contribution in [0, 0.1) is 6.92 Å². The standard InChI is InChI=1S/C10H12ClNO2S/c1-6-4-7(11)5-8(9(6)14-3)12(2)10(13)15/h4-5H,1-3H3,(H,13,15). The number of hydrogen-bond acceptors (Lipinski definition) is 2.